The zero-order valence-electron chi connectivity index (χ0n) is 28.0. The molecule has 17 nitrogen and oxygen atoms in total. The second-order valence-corrected chi connectivity index (χ2v) is 15.0. The fourth-order valence-corrected chi connectivity index (χ4v) is 8.56. The number of methoxy groups -OCH3 is 2. The van der Waals surface area contributed by atoms with Crippen LogP contribution >= 0.6 is 0 Å². The average molecular weight is 749 g/mol. The van der Waals surface area contributed by atoms with E-state index >= 15 is 0 Å². The van der Waals surface area contributed by atoms with E-state index in [-0.39, 0.29) is 42.5 Å². The zero-order valence-corrected chi connectivity index (χ0v) is 29.6. The molecule has 52 heavy (non-hydrogen) atoms. The number of ether oxygens (including phenoxy) is 2. The number of rotatable bonds is 15. The lowest BCUT2D eigenvalue weighted by Crippen LogP contribution is -2.40. The Labute approximate surface area is 299 Å². The lowest BCUT2D eigenvalue weighted by Gasteiger charge is -2.19. The lowest BCUT2D eigenvalue weighted by molar-refractivity contribution is 0.266. The van der Waals surface area contributed by atoms with E-state index in [1.165, 1.54) is 24.0 Å². The van der Waals surface area contributed by atoms with Gasteiger partial charge in [-0.15, -0.1) is 10.2 Å². The van der Waals surface area contributed by atoms with Gasteiger partial charge in [0.25, 0.3) is 0 Å². The molecule has 0 radical (unpaired) electrons. The molecule has 1 unspecified atom stereocenters. The lowest BCUT2D eigenvalue weighted by atomic mass is 9.98. The largest absolute Gasteiger partial charge is 0.497 e. The number of aromatic amines is 1. The summed E-state index contributed by atoms with van der Waals surface area (Å²) in [6.07, 6.45) is 0. The summed E-state index contributed by atoms with van der Waals surface area (Å²) in [5.41, 5.74) is 14.6. The molecular weight excluding hydrogens is 713 g/mol. The minimum atomic E-state index is -4.71. The number of H-pyrrole nitrogens is 1. The Hall–Kier alpha value is -5.44. The van der Waals surface area contributed by atoms with E-state index in [1.54, 1.807) is 61.7 Å². The third-order valence-electron chi connectivity index (χ3n) is 8.06. The van der Waals surface area contributed by atoms with Crippen LogP contribution in [0.3, 0.4) is 0 Å². The van der Waals surface area contributed by atoms with Crippen LogP contribution in [0, 0.1) is 0 Å². The summed E-state index contributed by atoms with van der Waals surface area (Å²) in [7, 11) is -6.25. The SMILES string of the molecule is COc1ccc(CNS(=O)(=O)c2c(S(=O)(=O)NCC(N)CO)ccc(-c3cccc4[nH]c(N)nc34)c2-c2nnn(Cc3ccc(OC)cc3)n2)cc1. The highest BCUT2D eigenvalue weighted by Gasteiger charge is 2.34. The van der Waals surface area contributed by atoms with E-state index in [0.717, 1.165) is 5.56 Å². The number of tetrazole rings is 1. The molecule has 6 aromatic rings. The van der Waals surface area contributed by atoms with Crippen molar-refractivity contribution in [3.63, 3.8) is 0 Å². The molecule has 0 spiro atoms. The van der Waals surface area contributed by atoms with Gasteiger partial charge < -0.3 is 31.0 Å². The van der Waals surface area contributed by atoms with Crippen LogP contribution in [-0.2, 0) is 33.1 Å². The topological polar surface area (TPSA) is 255 Å². The van der Waals surface area contributed by atoms with Crippen LogP contribution in [0.25, 0.3) is 33.5 Å². The molecule has 0 fully saturated rings. The Morgan fingerprint density at radius 1 is 0.865 bits per heavy atom. The number of aliphatic hydroxyl groups excluding tert-OH is 1. The molecule has 0 saturated carbocycles. The molecule has 272 valence electrons. The molecule has 6 rings (SSSR count). The predicted octanol–water partition coefficient (Wildman–Crippen LogP) is 1.61. The number of nitrogens with zero attached hydrogens (tertiary/aromatic N) is 5. The van der Waals surface area contributed by atoms with Gasteiger partial charge in [-0.25, -0.2) is 31.3 Å². The highest BCUT2D eigenvalue weighted by molar-refractivity contribution is 7.92. The summed E-state index contributed by atoms with van der Waals surface area (Å²) < 4.78 is 72.3. The Bertz CT molecular complexity index is 2420. The second-order valence-electron chi connectivity index (χ2n) is 11.6. The third-order valence-corrected chi connectivity index (χ3v) is 11.1. The third kappa shape index (κ3) is 7.73. The normalized spacial score (nSPS) is 12.6. The molecule has 0 saturated heterocycles. The molecule has 0 amide bonds. The van der Waals surface area contributed by atoms with E-state index < -0.39 is 42.5 Å². The molecule has 4 aromatic carbocycles. The average Bonchev–Trinajstić information content (AvgIpc) is 3.78. The fourth-order valence-electron chi connectivity index (χ4n) is 5.41. The van der Waals surface area contributed by atoms with Gasteiger partial charge in [-0.3, -0.25) is 0 Å². The van der Waals surface area contributed by atoms with Crippen molar-refractivity contribution in [1.29, 1.82) is 0 Å². The van der Waals surface area contributed by atoms with Gasteiger partial charge in [0.2, 0.25) is 25.9 Å². The van der Waals surface area contributed by atoms with Crippen LogP contribution in [0.5, 0.6) is 11.5 Å². The summed E-state index contributed by atoms with van der Waals surface area (Å²) in [6.45, 7) is -0.953. The standard InChI is InChI=1S/C33H36N10O7S2/c1-49-23-10-6-20(7-11-23)16-36-52(47,48)31-28(51(45,46)37-17-22(34)19-44)15-14-25(26-4-3-5-27-30(26)39-33(35)38-27)29(31)32-40-42-43(41-32)18-21-8-12-24(50-2)13-9-21/h3-15,22,36-37,44H,16-19,34H2,1-2H3,(H3,35,38,39). The van der Waals surface area contributed by atoms with Gasteiger partial charge in [-0.1, -0.05) is 42.5 Å². The molecule has 8 N–H and O–H groups in total. The smallest absolute Gasteiger partial charge is 0.242 e. The van der Waals surface area contributed by atoms with E-state index in [9.17, 15) is 21.9 Å². The first-order valence-corrected chi connectivity index (χ1v) is 18.7. The fraction of sp³-hybridized carbons (Fsp3) is 0.212. The quantitative estimate of drug-likeness (QED) is 0.0874. The van der Waals surface area contributed by atoms with Crippen LogP contribution in [0.4, 0.5) is 5.95 Å². The van der Waals surface area contributed by atoms with E-state index in [4.69, 9.17) is 20.9 Å². The first kappa shape index (κ1) is 36.4. The van der Waals surface area contributed by atoms with E-state index in [2.05, 4.69) is 34.8 Å². The van der Waals surface area contributed by atoms with Crippen molar-refractivity contribution in [3.8, 4) is 34.0 Å². The summed E-state index contributed by atoms with van der Waals surface area (Å²) in [5.74, 6) is 1.15. The number of hydrogen-bond acceptors (Lipinski definition) is 13. The monoisotopic (exact) mass is 748 g/mol. The Morgan fingerprint density at radius 2 is 1.54 bits per heavy atom. The van der Waals surface area contributed by atoms with Crippen molar-refractivity contribution in [2.45, 2.75) is 28.9 Å². The van der Waals surface area contributed by atoms with Crippen LogP contribution in [0.2, 0.25) is 0 Å². The van der Waals surface area contributed by atoms with Gasteiger partial charge in [0.15, 0.2) is 5.95 Å². The number of aliphatic hydroxyl groups is 1. The number of para-hydroxylation sites is 1. The summed E-state index contributed by atoms with van der Waals surface area (Å²) in [5, 5.41) is 22.4. The molecule has 1 atom stereocenters. The molecule has 0 bridgehead atoms. The number of hydrogen-bond donors (Lipinski definition) is 6. The van der Waals surface area contributed by atoms with Crippen molar-refractivity contribution in [2.75, 3.05) is 33.1 Å². The van der Waals surface area contributed by atoms with Crippen LogP contribution in [0.1, 0.15) is 11.1 Å². The number of fused-ring (bicyclic) bond motifs is 1. The number of nitrogens with two attached hydrogens (primary N) is 2. The minimum absolute atomic E-state index is 0.116. The van der Waals surface area contributed by atoms with Crippen molar-refractivity contribution < 1.29 is 31.4 Å². The maximum atomic E-state index is 14.6. The van der Waals surface area contributed by atoms with Gasteiger partial charge in [-0.2, -0.15) is 4.80 Å². The molecule has 0 aliphatic heterocycles. The van der Waals surface area contributed by atoms with Gasteiger partial charge in [0, 0.05) is 24.7 Å². The molecule has 2 aromatic heterocycles. The number of nitrogens with one attached hydrogen (secondary N) is 3. The van der Waals surface area contributed by atoms with Crippen molar-refractivity contribution in [2.24, 2.45) is 5.73 Å². The number of anilines is 1. The van der Waals surface area contributed by atoms with Crippen LogP contribution in [0.15, 0.2) is 88.7 Å². The minimum Gasteiger partial charge on any atom is -0.497 e. The predicted molar refractivity (Wildman–Crippen MR) is 192 cm³/mol. The highest BCUT2D eigenvalue weighted by Crippen LogP contribution is 2.41. The summed E-state index contributed by atoms with van der Waals surface area (Å²) >= 11 is 0. The van der Waals surface area contributed by atoms with Gasteiger partial charge in [0.1, 0.15) is 21.3 Å². The van der Waals surface area contributed by atoms with Gasteiger partial charge in [-0.05, 0) is 58.3 Å². The van der Waals surface area contributed by atoms with Gasteiger partial charge >= 0.3 is 0 Å². The zero-order chi connectivity index (χ0) is 37.0. The first-order valence-electron chi connectivity index (χ1n) is 15.7. The van der Waals surface area contributed by atoms with Crippen LogP contribution < -0.4 is 30.4 Å². The molecule has 2 heterocycles. The maximum absolute atomic E-state index is 14.6. The molecule has 19 heteroatoms. The summed E-state index contributed by atoms with van der Waals surface area (Å²) in [4.78, 5) is 7.38. The molecular formula is C33H36N10O7S2. The number of aromatic nitrogens is 6. The van der Waals surface area contributed by atoms with E-state index in [0.29, 0.717) is 33.7 Å². The number of nitrogen functional groups attached to an aromatic ring is 1. The summed E-state index contributed by atoms with van der Waals surface area (Å²) in [6, 6.07) is 20.6. The second kappa shape index (κ2) is 15.0. The number of sulfonamides is 2. The highest BCUT2D eigenvalue weighted by atomic mass is 32.2. The van der Waals surface area contributed by atoms with Gasteiger partial charge in [0.05, 0.1) is 44.0 Å². The Kier molecular flexibility index (Phi) is 10.5. The van der Waals surface area contributed by atoms with Crippen molar-refractivity contribution >= 4 is 37.0 Å². The first-order chi connectivity index (χ1) is 24.9. The molecule has 0 aliphatic carbocycles. The molecule has 0 aliphatic rings. The van der Waals surface area contributed by atoms with Crippen molar-refractivity contribution in [3.05, 3.63) is 90.0 Å². The number of imidazole rings is 1. The Morgan fingerprint density at radius 3 is 2.19 bits per heavy atom. The van der Waals surface area contributed by atoms with Crippen LogP contribution in [-0.4, -0.2) is 85.5 Å². The van der Waals surface area contributed by atoms with E-state index in [1.807, 2.05) is 12.1 Å². The number of benzene rings is 4. The maximum Gasteiger partial charge on any atom is 0.242 e. The van der Waals surface area contributed by atoms with Crippen molar-refractivity contribution in [1.82, 2.24) is 39.6 Å². The Balaban J connectivity index is 1.57.